The van der Waals surface area contributed by atoms with Crippen LogP contribution in [0.25, 0.3) is 17.2 Å². The SMILES string of the molecule is NC(=O)c1ccccc1NC(=O)C1CCCN(c2ccc(-n3ccnc3-c3ccccc3)nn2)C1. The number of imidazole rings is 1. The van der Waals surface area contributed by atoms with Crippen LogP contribution in [0.15, 0.2) is 79.1 Å². The Balaban J connectivity index is 1.29. The van der Waals surface area contributed by atoms with Gasteiger partial charge in [-0.15, -0.1) is 10.2 Å². The second kappa shape index (κ2) is 9.76. The van der Waals surface area contributed by atoms with E-state index in [1.54, 1.807) is 30.5 Å². The van der Waals surface area contributed by atoms with Crippen LogP contribution in [0.4, 0.5) is 11.5 Å². The number of benzene rings is 2. The molecular weight excluding hydrogens is 442 g/mol. The number of primary amides is 1. The number of para-hydroxylation sites is 1. The van der Waals surface area contributed by atoms with Gasteiger partial charge in [0.05, 0.1) is 17.2 Å². The Hall–Kier alpha value is -4.53. The van der Waals surface area contributed by atoms with Crippen molar-refractivity contribution in [2.45, 2.75) is 12.8 Å². The van der Waals surface area contributed by atoms with Crippen molar-refractivity contribution in [1.29, 1.82) is 0 Å². The number of nitrogens with zero attached hydrogens (tertiary/aromatic N) is 5. The van der Waals surface area contributed by atoms with Gasteiger partial charge in [0.1, 0.15) is 5.82 Å². The Kier molecular flexibility index (Phi) is 6.21. The zero-order valence-electron chi connectivity index (χ0n) is 19.0. The lowest BCUT2D eigenvalue weighted by molar-refractivity contribution is -0.120. The number of carbonyl (C=O) groups excluding carboxylic acids is 2. The van der Waals surface area contributed by atoms with Gasteiger partial charge in [0.25, 0.3) is 5.91 Å². The number of nitrogens with two attached hydrogens (primary N) is 1. The minimum atomic E-state index is -0.574. The van der Waals surface area contributed by atoms with Gasteiger partial charge < -0.3 is 16.0 Å². The molecule has 5 rings (SSSR count). The zero-order valence-corrected chi connectivity index (χ0v) is 19.0. The number of anilines is 2. The zero-order chi connectivity index (χ0) is 24.2. The Morgan fingerprint density at radius 2 is 1.69 bits per heavy atom. The van der Waals surface area contributed by atoms with Crippen LogP contribution in [0.2, 0.25) is 0 Å². The molecule has 2 amide bonds. The normalized spacial score (nSPS) is 15.5. The van der Waals surface area contributed by atoms with Crippen LogP contribution in [0.1, 0.15) is 23.2 Å². The van der Waals surface area contributed by atoms with E-state index in [9.17, 15) is 9.59 Å². The highest BCUT2D eigenvalue weighted by atomic mass is 16.2. The standard InChI is InChI=1S/C26H25N7O2/c27-24(34)20-10-4-5-11-21(20)29-26(35)19-9-6-15-32(17-19)22-12-13-23(31-30-22)33-16-14-28-25(33)18-7-2-1-3-8-18/h1-5,7-8,10-14,16,19H,6,9,15,17H2,(H2,27,34)(H,29,35). The van der Waals surface area contributed by atoms with Crippen molar-refractivity contribution in [3.63, 3.8) is 0 Å². The lowest BCUT2D eigenvalue weighted by atomic mass is 9.96. The molecule has 1 aliphatic rings. The Morgan fingerprint density at radius 1 is 0.943 bits per heavy atom. The largest absolute Gasteiger partial charge is 0.366 e. The van der Waals surface area contributed by atoms with E-state index in [2.05, 4.69) is 25.4 Å². The lowest BCUT2D eigenvalue weighted by Gasteiger charge is -2.32. The first-order valence-corrected chi connectivity index (χ1v) is 11.5. The fourth-order valence-electron chi connectivity index (χ4n) is 4.35. The Labute approximate surface area is 202 Å². The summed E-state index contributed by atoms with van der Waals surface area (Å²) < 4.78 is 1.90. The number of rotatable bonds is 6. The predicted octanol–water partition coefficient (Wildman–Crippen LogP) is 3.28. The van der Waals surface area contributed by atoms with E-state index in [0.717, 1.165) is 30.8 Å². The van der Waals surface area contributed by atoms with Crippen LogP contribution in [-0.2, 0) is 4.79 Å². The molecule has 2 aromatic carbocycles. The highest BCUT2D eigenvalue weighted by Gasteiger charge is 2.27. The van der Waals surface area contributed by atoms with Gasteiger partial charge in [-0.05, 0) is 37.1 Å². The van der Waals surface area contributed by atoms with Crippen molar-refractivity contribution in [3.8, 4) is 17.2 Å². The van der Waals surface area contributed by atoms with Crippen LogP contribution in [0.3, 0.4) is 0 Å². The molecule has 3 heterocycles. The first-order chi connectivity index (χ1) is 17.1. The van der Waals surface area contributed by atoms with Crippen LogP contribution in [-0.4, -0.2) is 44.7 Å². The van der Waals surface area contributed by atoms with E-state index in [-0.39, 0.29) is 11.8 Å². The first-order valence-electron chi connectivity index (χ1n) is 11.5. The van der Waals surface area contributed by atoms with Gasteiger partial charge in [-0.1, -0.05) is 42.5 Å². The van der Waals surface area contributed by atoms with Crippen molar-refractivity contribution in [1.82, 2.24) is 19.7 Å². The summed E-state index contributed by atoms with van der Waals surface area (Å²) in [7, 11) is 0. The lowest BCUT2D eigenvalue weighted by Crippen LogP contribution is -2.41. The minimum Gasteiger partial charge on any atom is -0.366 e. The molecule has 0 saturated carbocycles. The van der Waals surface area contributed by atoms with E-state index >= 15 is 0 Å². The van der Waals surface area contributed by atoms with Crippen LogP contribution < -0.4 is 16.0 Å². The maximum absolute atomic E-state index is 13.0. The fraction of sp³-hybridized carbons (Fsp3) is 0.192. The van der Waals surface area contributed by atoms with Gasteiger partial charge in [0, 0.05) is 31.0 Å². The molecule has 3 N–H and O–H groups in total. The summed E-state index contributed by atoms with van der Waals surface area (Å²) in [4.78, 5) is 31.2. The quantitative estimate of drug-likeness (QED) is 0.449. The highest BCUT2D eigenvalue weighted by molar-refractivity contribution is 6.03. The van der Waals surface area contributed by atoms with Crippen molar-refractivity contribution >= 4 is 23.3 Å². The summed E-state index contributed by atoms with van der Waals surface area (Å²) >= 11 is 0. The predicted molar refractivity (Wildman–Crippen MR) is 133 cm³/mol. The minimum absolute atomic E-state index is 0.140. The number of amides is 2. The molecule has 1 aliphatic heterocycles. The summed E-state index contributed by atoms with van der Waals surface area (Å²) in [5, 5.41) is 11.7. The van der Waals surface area contributed by atoms with E-state index in [1.165, 1.54) is 0 Å². The molecule has 9 heteroatoms. The number of carbonyl (C=O) groups is 2. The number of hydrogen-bond donors (Lipinski definition) is 2. The number of piperidine rings is 1. The van der Waals surface area contributed by atoms with Gasteiger partial charge in [-0.3, -0.25) is 14.2 Å². The third-order valence-electron chi connectivity index (χ3n) is 6.12. The van der Waals surface area contributed by atoms with Crippen LogP contribution in [0.5, 0.6) is 0 Å². The van der Waals surface area contributed by atoms with Gasteiger partial charge in [-0.25, -0.2) is 4.98 Å². The number of nitrogens with one attached hydrogen (secondary N) is 1. The van der Waals surface area contributed by atoms with Crippen LogP contribution in [0, 0.1) is 5.92 Å². The summed E-state index contributed by atoms with van der Waals surface area (Å²) in [6.45, 7) is 1.30. The molecule has 35 heavy (non-hydrogen) atoms. The van der Waals surface area contributed by atoms with Crippen LogP contribution >= 0.6 is 0 Å². The average molecular weight is 468 g/mol. The van der Waals surface area contributed by atoms with Crippen molar-refractivity contribution < 1.29 is 9.59 Å². The molecule has 0 aliphatic carbocycles. The maximum Gasteiger partial charge on any atom is 0.250 e. The Morgan fingerprint density at radius 3 is 2.46 bits per heavy atom. The first kappa shape index (κ1) is 22.3. The molecular formula is C26H25N7O2. The monoisotopic (exact) mass is 467 g/mol. The van der Waals surface area contributed by atoms with Crippen molar-refractivity contribution in [2.75, 3.05) is 23.3 Å². The molecule has 0 radical (unpaired) electrons. The Bertz CT molecular complexity index is 1340. The second-order valence-corrected chi connectivity index (χ2v) is 8.42. The molecule has 0 bridgehead atoms. The summed E-state index contributed by atoms with van der Waals surface area (Å²) in [6.07, 6.45) is 5.19. The van der Waals surface area contributed by atoms with E-state index in [1.807, 2.05) is 53.2 Å². The van der Waals surface area contributed by atoms with E-state index in [0.29, 0.717) is 29.4 Å². The highest BCUT2D eigenvalue weighted by Crippen LogP contribution is 2.25. The smallest absolute Gasteiger partial charge is 0.250 e. The molecule has 2 aromatic heterocycles. The molecule has 4 aromatic rings. The van der Waals surface area contributed by atoms with Gasteiger partial charge in [0.15, 0.2) is 11.6 Å². The second-order valence-electron chi connectivity index (χ2n) is 8.42. The van der Waals surface area contributed by atoms with E-state index in [4.69, 9.17) is 5.73 Å². The molecule has 1 saturated heterocycles. The van der Waals surface area contributed by atoms with Gasteiger partial charge >= 0.3 is 0 Å². The molecule has 1 atom stereocenters. The summed E-state index contributed by atoms with van der Waals surface area (Å²) in [6, 6.07) is 20.5. The number of aromatic nitrogens is 4. The number of hydrogen-bond acceptors (Lipinski definition) is 6. The molecule has 9 nitrogen and oxygen atoms in total. The maximum atomic E-state index is 13.0. The molecule has 1 unspecified atom stereocenters. The van der Waals surface area contributed by atoms with Crippen molar-refractivity contribution in [3.05, 3.63) is 84.7 Å². The average Bonchev–Trinajstić information content (AvgIpc) is 3.40. The van der Waals surface area contributed by atoms with Crippen molar-refractivity contribution in [2.24, 2.45) is 11.7 Å². The molecule has 176 valence electrons. The molecule has 1 fully saturated rings. The summed E-state index contributed by atoms with van der Waals surface area (Å²) in [5.74, 6) is 1.21. The van der Waals surface area contributed by atoms with Gasteiger partial charge in [0.2, 0.25) is 5.91 Å². The fourth-order valence-corrected chi connectivity index (χ4v) is 4.35. The third-order valence-corrected chi connectivity index (χ3v) is 6.12. The van der Waals surface area contributed by atoms with Gasteiger partial charge in [-0.2, -0.15) is 0 Å². The molecule has 0 spiro atoms. The third kappa shape index (κ3) is 4.74. The topological polar surface area (TPSA) is 119 Å². The van der Waals surface area contributed by atoms with E-state index < -0.39 is 5.91 Å². The summed E-state index contributed by atoms with van der Waals surface area (Å²) in [5.41, 5.74) is 7.16.